The molecule has 1 aliphatic rings. The lowest BCUT2D eigenvalue weighted by molar-refractivity contribution is 0.990. The van der Waals surface area contributed by atoms with Crippen molar-refractivity contribution in [2.45, 2.75) is 25.7 Å². The molecule has 0 amide bonds. The monoisotopic (exact) mass is 261 g/mol. The molecule has 0 atom stereocenters. The van der Waals surface area contributed by atoms with Crippen LogP contribution in [0.5, 0.6) is 0 Å². The van der Waals surface area contributed by atoms with E-state index in [0.29, 0.717) is 5.92 Å². The standard InChI is InChI=1S/C17H15N3/c1-11-4-7-14-13(3-2-8-18-14)17(11)16-9-15(12-5-6-12)19-10-20-16/h2-4,7-10,12H,5-6H2,1H3. The summed E-state index contributed by atoms with van der Waals surface area (Å²) in [5.41, 5.74) is 5.61. The van der Waals surface area contributed by atoms with Crippen LogP contribution in [0.15, 0.2) is 42.9 Å². The van der Waals surface area contributed by atoms with Gasteiger partial charge in [0.1, 0.15) is 6.33 Å². The highest BCUT2D eigenvalue weighted by Crippen LogP contribution is 2.40. The summed E-state index contributed by atoms with van der Waals surface area (Å²) in [6.07, 6.45) is 6.04. The average molecular weight is 261 g/mol. The van der Waals surface area contributed by atoms with E-state index in [1.54, 1.807) is 6.33 Å². The van der Waals surface area contributed by atoms with E-state index in [9.17, 15) is 0 Å². The normalized spacial score (nSPS) is 14.7. The third-order valence-electron chi connectivity index (χ3n) is 3.93. The van der Waals surface area contributed by atoms with Crippen molar-refractivity contribution in [3.63, 3.8) is 0 Å². The molecule has 3 nitrogen and oxygen atoms in total. The molecule has 3 heteroatoms. The van der Waals surface area contributed by atoms with Crippen molar-refractivity contribution in [3.8, 4) is 11.3 Å². The molecule has 0 unspecified atom stereocenters. The van der Waals surface area contributed by atoms with Crippen LogP contribution in [-0.4, -0.2) is 15.0 Å². The Morgan fingerprint density at radius 1 is 1.05 bits per heavy atom. The Labute approximate surface area is 117 Å². The van der Waals surface area contributed by atoms with Crippen LogP contribution in [-0.2, 0) is 0 Å². The van der Waals surface area contributed by atoms with Gasteiger partial charge in [-0.2, -0.15) is 0 Å². The van der Waals surface area contributed by atoms with E-state index in [1.807, 2.05) is 12.3 Å². The largest absolute Gasteiger partial charge is 0.256 e. The Kier molecular flexibility index (Phi) is 2.52. The van der Waals surface area contributed by atoms with Gasteiger partial charge in [-0.3, -0.25) is 4.98 Å². The Balaban J connectivity index is 1.97. The summed E-state index contributed by atoms with van der Waals surface area (Å²) >= 11 is 0. The molecular formula is C17H15N3. The van der Waals surface area contributed by atoms with Gasteiger partial charge in [0.15, 0.2) is 0 Å². The zero-order valence-electron chi connectivity index (χ0n) is 11.4. The first-order chi connectivity index (χ1) is 9.83. The number of fused-ring (bicyclic) bond motifs is 1. The molecule has 3 aromatic rings. The molecule has 2 aromatic heterocycles. The Morgan fingerprint density at radius 3 is 2.80 bits per heavy atom. The fourth-order valence-electron chi connectivity index (χ4n) is 2.71. The van der Waals surface area contributed by atoms with Crippen molar-refractivity contribution >= 4 is 10.9 Å². The molecule has 2 heterocycles. The average Bonchev–Trinajstić information content (AvgIpc) is 3.32. The van der Waals surface area contributed by atoms with Gasteiger partial charge in [0, 0.05) is 28.8 Å². The van der Waals surface area contributed by atoms with Crippen molar-refractivity contribution in [2.75, 3.05) is 0 Å². The zero-order valence-corrected chi connectivity index (χ0v) is 11.4. The van der Waals surface area contributed by atoms with Crippen LogP contribution in [0.25, 0.3) is 22.2 Å². The topological polar surface area (TPSA) is 38.7 Å². The molecule has 1 fully saturated rings. The van der Waals surface area contributed by atoms with Crippen LogP contribution in [0.1, 0.15) is 30.0 Å². The molecule has 1 aliphatic carbocycles. The first-order valence-corrected chi connectivity index (χ1v) is 6.99. The fourth-order valence-corrected chi connectivity index (χ4v) is 2.71. The van der Waals surface area contributed by atoms with Gasteiger partial charge in [-0.25, -0.2) is 9.97 Å². The van der Waals surface area contributed by atoms with Crippen LogP contribution in [0.3, 0.4) is 0 Å². The molecule has 20 heavy (non-hydrogen) atoms. The number of aryl methyl sites for hydroxylation is 1. The second-order valence-corrected chi connectivity index (χ2v) is 5.43. The molecular weight excluding hydrogens is 246 g/mol. The number of hydrogen-bond acceptors (Lipinski definition) is 3. The molecule has 0 N–H and O–H groups in total. The predicted molar refractivity (Wildman–Crippen MR) is 79.5 cm³/mol. The number of nitrogens with zero attached hydrogens (tertiary/aromatic N) is 3. The fraction of sp³-hybridized carbons (Fsp3) is 0.235. The molecule has 4 rings (SSSR count). The van der Waals surface area contributed by atoms with Crippen molar-refractivity contribution in [1.82, 2.24) is 15.0 Å². The smallest absolute Gasteiger partial charge is 0.116 e. The molecule has 0 saturated heterocycles. The zero-order chi connectivity index (χ0) is 13.5. The van der Waals surface area contributed by atoms with Gasteiger partial charge in [0.05, 0.1) is 11.2 Å². The van der Waals surface area contributed by atoms with E-state index in [1.165, 1.54) is 29.7 Å². The summed E-state index contributed by atoms with van der Waals surface area (Å²) in [5.74, 6) is 0.644. The van der Waals surface area contributed by atoms with Gasteiger partial charge in [0.2, 0.25) is 0 Å². The molecule has 0 radical (unpaired) electrons. The summed E-state index contributed by atoms with van der Waals surface area (Å²) in [6, 6.07) is 10.4. The summed E-state index contributed by atoms with van der Waals surface area (Å²) in [7, 11) is 0. The van der Waals surface area contributed by atoms with Gasteiger partial charge in [-0.15, -0.1) is 0 Å². The summed E-state index contributed by atoms with van der Waals surface area (Å²) in [6.45, 7) is 2.13. The maximum Gasteiger partial charge on any atom is 0.116 e. The van der Waals surface area contributed by atoms with Crippen LogP contribution in [0, 0.1) is 6.92 Å². The Hall–Kier alpha value is -2.29. The maximum absolute atomic E-state index is 4.49. The minimum absolute atomic E-state index is 0.644. The van der Waals surface area contributed by atoms with Gasteiger partial charge >= 0.3 is 0 Å². The minimum Gasteiger partial charge on any atom is -0.256 e. The lowest BCUT2D eigenvalue weighted by Gasteiger charge is -2.10. The van der Waals surface area contributed by atoms with E-state index in [-0.39, 0.29) is 0 Å². The van der Waals surface area contributed by atoms with Crippen LogP contribution in [0.2, 0.25) is 0 Å². The van der Waals surface area contributed by atoms with Crippen LogP contribution < -0.4 is 0 Å². The Morgan fingerprint density at radius 2 is 1.95 bits per heavy atom. The van der Waals surface area contributed by atoms with Crippen LogP contribution >= 0.6 is 0 Å². The van der Waals surface area contributed by atoms with Crippen molar-refractivity contribution < 1.29 is 0 Å². The third kappa shape index (κ3) is 1.86. The van der Waals surface area contributed by atoms with Gasteiger partial charge in [-0.05, 0) is 43.5 Å². The van der Waals surface area contributed by atoms with Crippen LogP contribution in [0.4, 0.5) is 0 Å². The van der Waals surface area contributed by atoms with E-state index < -0.39 is 0 Å². The summed E-state index contributed by atoms with van der Waals surface area (Å²) in [5, 5.41) is 1.16. The maximum atomic E-state index is 4.49. The first-order valence-electron chi connectivity index (χ1n) is 6.99. The molecule has 1 saturated carbocycles. The summed E-state index contributed by atoms with van der Waals surface area (Å²) in [4.78, 5) is 13.3. The second kappa shape index (κ2) is 4.37. The first kappa shape index (κ1) is 11.5. The molecule has 0 aliphatic heterocycles. The van der Waals surface area contributed by atoms with Gasteiger partial charge in [0.25, 0.3) is 0 Å². The molecule has 98 valence electrons. The molecule has 0 bridgehead atoms. The minimum atomic E-state index is 0.644. The molecule has 0 spiro atoms. The summed E-state index contributed by atoms with van der Waals surface area (Å²) < 4.78 is 0. The van der Waals surface area contributed by atoms with Crippen molar-refractivity contribution in [3.05, 3.63) is 54.1 Å². The number of pyridine rings is 1. The Bertz CT molecular complexity index is 791. The predicted octanol–water partition coefficient (Wildman–Crippen LogP) is 3.88. The highest BCUT2D eigenvalue weighted by molar-refractivity contribution is 5.95. The highest BCUT2D eigenvalue weighted by Gasteiger charge is 2.25. The van der Waals surface area contributed by atoms with E-state index in [2.05, 4.69) is 46.1 Å². The lowest BCUT2D eigenvalue weighted by atomic mass is 9.99. The SMILES string of the molecule is Cc1ccc2ncccc2c1-c1cc(C2CC2)ncn1. The molecule has 1 aromatic carbocycles. The van der Waals surface area contributed by atoms with Crippen molar-refractivity contribution in [1.29, 1.82) is 0 Å². The van der Waals surface area contributed by atoms with Crippen molar-refractivity contribution in [2.24, 2.45) is 0 Å². The number of benzene rings is 1. The number of aromatic nitrogens is 3. The third-order valence-corrected chi connectivity index (χ3v) is 3.93. The van der Waals surface area contributed by atoms with E-state index in [4.69, 9.17) is 0 Å². The lowest BCUT2D eigenvalue weighted by Crippen LogP contribution is -1.94. The van der Waals surface area contributed by atoms with E-state index >= 15 is 0 Å². The highest BCUT2D eigenvalue weighted by atomic mass is 14.8. The van der Waals surface area contributed by atoms with Gasteiger partial charge < -0.3 is 0 Å². The number of rotatable bonds is 2. The van der Waals surface area contributed by atoms with E-state index in [0.717, 1.165) is 16.6 Å². The number of hydrogen-bond donors (Lipinski definition) is 0. The van der Waals surface area contributed by atoms with Gasteiger partial charge in [-0.1, -0.05) is 12.1 Å². The quantitative estimate of drug-likeness (QED) is 0.702. The second-order valence-electron chi connectivity index (χ2n) is 5.43.